The van der Waals surface area contributed by atoms with Gasteiger partial charge in [-0.15, -0.1) is 5.10 Å². The number of methoxy groups -OCH3 is 1. The number of benzene rings is 1. The number of sulfonamides is 1. The van der Waals surface area contributed by atoms with Gasteiger partial charge in [0.2, 0.25) is 10.0 Å². The monoisotopic (exact) mass is 938 g/mol. The number of aliphatic hydroxyl groups is 2. The van der Waals surface area contributed by atoms with Crippen molar-refractivity contribution in [2.75, 3.05) is 27.2 Å². The zero-order chi connectivity index (χ0) is 49.6. The maximum atomic E-state index is 14.0. The van der Waals surface area contributed by atoms with Crippen molar-refractivity contribution in [3.63, 3.8) is 0 Å². The van der Waals surface area contributed by atoms with Crippen LogP contribution >= 0.6 is 0 Å². The van der Waals surface area contributed by atoms with Crippen LogP contribution in [0.2, 0.25) is 0 Å². The number of carbonyl (C=O) groups excluding carboxylic acids is 1. The SMILES string of the molecule is C=C1O[C@H](CC)[C@@](C)(O)C(O)C(C)/C(=N/O[C@H](C)CN)[C@H](C)C[C@@](C)(OC)[C@H](OC(C)OC(C)CC(C)C)[C@@H](C)C(=O)C1C.CNCCc1cn(Cc2ccc(S(N)(=O)=O)c(C)c2)nn1. The number of allylic oxidation sites excluding steroid dienone is 1. The summed E-state index contributed by atoms with van der Waals surface area (Å²) in [5.74, 6) is -1.81. The second-order valence-electron chi connectivity index (χ2n) is 18.7. The van der Waals surface area contributed by atoms with Crippen LogP contribution in [0.1, 0.15) is 119 Å². The molecule has 1 aromatic carbocycles. The van der Waals surface area contributed by atoms with E-state index >= 15 is 0 Å². The van der Waals surface area contributed by atoms with Gasteiger partial charge in [0, 0.05) is 50.6 Å². The molecule has 1 fully saturated rings. The summed E-state index contributed by atoms with van der Waals surface area (Å²) in [7, 11) is -0.184. The first kappa shape index (κ1) is 57.8. The predicted molar refractivity (Wildman–Crippen MR) is 253 cm³/mol. The molecular weight excluding hydrogens is 855 g/mol. The number of ketones is 1. The Hall–Kier alpha value is -3.33. The number of likely N-dealkylation sites (N-methyl/N-ethyl adjacent to an activating group) is 1. The summed E-state index contributed by atoms with van der Waals surface area (Å²) in [6.45, 7) is 30.0. The third-order valence-electron chi connectivity index (χ3n) is 12.3. The first-order valence-corrected chi connectivity index (χ1v) is 24.5. The number of ether oxygens (including phenoxy) is 4. The van der Waals surface area contributed by atoms with E-state index < -0.39 is 63.6 Å². The Morgan fingerprint density at radius 3 is 2.29 bits per heavy atom. The molecule has 1 aliphatic rings. The van der Waals surface area contributed by atoms with Crippen molar-refractivity contribution in [3.8, 4) is 0 Å². The minimum Gasteiger partial charge on any atom is -0.492 e. The Labute approximate surface area is 389 Å². The number of nitrogens with one attached hydrogen (secondary N) is 1. The molecule has 0 bridgehead atoms. The first-order chi connectivity index (χ1) is 30.2. The maximum absolute atomic E-state index is 14.0. The third kappa shape index (κ3) is 16.7. The molecule has 372 valence electrons. The molecule has 17 nitrogen and oxygen atoms in total. The molecule has 0 amide bonds. The smallest absolute Gasteiger partial charge is 0.238 e. The summed E-state index contributed by atoms with van der Waals surface area (Å²) in [5.41, 5.74) is 6.10. The van der Waals surface area contributed by atoms with Gasteiger partial charge in [0.05, 0.1) is 58.4 Å². The predicted octanol–water partition coefficient (Wildman–Crippen LogP) is 5.28. The minimum atomic E-state index is -3.67. The highest BCUT2D eigenvalue weighted by atomic mass is 32.2. The Morgan fingerprint density at radius 1 is 1.11 bits per heavy atom. The summed E-state index contributed by atoms with van der Waals surface area (Å²) >= 11 is 0. The van der Waals surface area contributed by atoms with Gasteiger partial charge < -0.3 is 45.0 Å². The first-order valence-electron chi connectivity index (χ1n) is 22.9. The summed E-state index contributed by atoms with van der Waals surface area (Å²) in [5, 5.41) is 44.1. The van der Waals surface area contributed by atoms with Crippen LogP contribution in [-0.2, 0) is 51.6 Å². The van der Waals surface area contributed by atoms with E-state index in [1.807, 2.05) is 54.8 Å². The normalized spacial score (nSPS) is 29.4. The topological polar surface area (TPSA) is 245 Å². The average molecular weight is 938 g/mol. The van der Waals surface area contributed by atoms with Crippen LogP contribution in [0.15, 0.2) is 46.8 Å². The van der Waals surface area contributed by atoms with Crippen LogP contribution < -0.4 is 16.2 Å². The van der Waals surface area contributed by atoms with E-state index in [1.54, 1.807) is 51.6 Å². The molecule has 3 rings (SSSR count). The number of hydrogen-bond acceptors (Lipinski definition) is 15. The summed E-state index contributed by atoms with van der Waals surface area (Å²) in [6.07, 6.45) is 0.420. The highest BCUT2D eigenvalue weighted by Gasteiger charge is 2.49. The summed E-state index contributed by atoms with van der Waals surface area (Å²) in [4.78, 5) is 19.9. The molecule has 18 heteroatoms. The lowest BCUT2D eigenvalue weighted by atomic mass is 9.74. The molecule has 1 aromatic heterocycles. The number of Topliss-reactive ketones (excluding diaryl/α,β-unsaturated/α-hetero) is 1. The van der Waals surface area contributed by atoms with Gasteiger partial charge in [-0.2, -0.15) is 0 Å². The molecule has 0 spiro atoms. The number of nitrogens with zero attached hydrogens (tertiary/aromatic N) is 4. The molecule has 5 unspecified atom stereocenters. The molecule has 7 N–H and O–H groups in total. The fourth-order valence-corrected chi connectivity index (χ4v) is 9.25. The van der Waals surface area contributed by atoms with Crippen molar-refractivity contribution in [2.45, 2.75) is 175 Å². The van der Waals surface area contributed by atoms with Crippen LogP contribution in [0.5, 0.6) is 0 Å². The van der Waals surface area contributed by atoms with E-state index in [4.69, 9.17) is 34.7 Å². The highest BCUT2D eigenvalue weighted by Crippen LogP contribution is 2.38. The molecule has 12 atom stereocenters. The molecule has 2 aromatic rings. The van der Waals surface area contributed by atoms with Crippen LogP contribution in [0.3, 0.4) is 0 Å². The number of carbonyl (C=O) groups is 1. The second kappa shape index (κ2) is 25.7. The lowest BCUT2D eigenvalue weighted by Crippen LogP contribution is -2.56. The summed E-state index contributed by atoms with van der Waals surface area (Å²) in [6, 6.07) is 5.06. The number of nitrogens with two attached hydrogens (primary N) is 2. The molecular formula is C47H83N7O10S. The Morgan fingerprint density at radius 2 is 1.75 bits per heavy atom. The maximum Gasteiger partial charge on any atom is 0.238 e. The van der Waals surface area contributed by atoms with Gasteiger partial charge in [0.1, 0.15) is 23.6 Å². The van der Waals surface area contributed by atoms with Crippen molar-refractivity contribution >= 4 is 21.5 Å². The zero-order valence-corrected chi connectivity index (χ0v) is 42.6. The van der Waals surface area contributed by atoms with Gasteiger partial charge in [-0.05, 0) is 97.9 Å². The van der Waals surface area contributed by atoms with Crippen molar-refractivity contribution in [1.82, 2.24) is 20.3 Å². The van der Waals surface area contributed by atoms with Crippen molar-refractivity contribution in [1.29, 1.82) is 0 Å². The molecule has 0 radical (unpaired) electrons. The molecule has 0 aliphatic carbocycles. The zero-order valence-electron chi connectivity index (χ0n) is 41.8. The van der Waals surface area contributed by atoms with E-state index in [9.17, 15) is 23.4 Å². The van der Waals surface area contributed by atoms with Crippen LogP contribution in [-0.4, -0.2) is 120 Å². The number of hydrogen-bond donors (Lipinski definition) is 5. The largest absolute Gasteiger partial charge is 0.492 e. The minimum absolute atomic E-state index is 0.0455. The van der Waals surface area contributed by atoms with E-state index in [2.05, 4.69) is 41.2 Å². The van der Waals surface area contributed by atoms with Crippen molar-refractivity contribution in [3.05, 3.63) is 53.6 Å². The molecule has 1 aliphatic heterocycles. The van der Waals surface area contributed by atoms with E-state index in [1.165, 1.54) is 13.0 Å². The number of aliphatic hydroxyl groups excluding tert-OH is 1. The van der Waals surface area contributed by atoms with Crippen LogP contribution in [0.4, 0.5) is 0 Å². The molecule has 1 saturated heterocycles. The third-order valence-corrected chi connectivity index (χ3v) is 13.4. The number of primary sulfonamides is 1. The fourth-order valence-electron chi connectivity index (χ4n) is 8.48. The fraction of sp³-hybridized carbons (Fsp3) is 0.745. The quantitative estimate of drug-likeness (QED) is 0.100. The van der Waals surface area contributed by atoms with E-state index in [-0.39, 0.29) is 41.1 Å². The Kier molecular flexibility index (Phi) is 22.9. The van der Waals surface area contributed by atoms with Crippen molar-refractivity contribution < 1.29 is 47.2 Å². The summed E-state index contributed by atoms with van der Waals surface area (Å²) < 4.78 is 49.6. The standard InChI is InChI=1S/C34H64N2O8.C13H19N5O2S/c1-15-28-34(13,39)31(38)24(8)29(36-44-22(6)18-35)20(4)17-33(12,40-14)32(25(9)30(37)23(7)26(10)42-28)43-27(11)41-21(5)16-19(2)3;1-10-7-11(3-4-13(10)21(14,19)20)8-18-9-12(16-17-18)5-6-15-2/h19-25,27-28,31-32,38-39H,10,15-18,35H2,1-9,11-14H3;3-4,7,9,15H,5-6,8H2,1-2H3,(H2,14,19,20)/b36-29+;/t20-,21?,22-,23?,24?,25+,27?,28-,31?,32-,33-,34-;/m1./s1. The van der Waals surface area contributed by atoms with Gasteiger partial charge in [-0.3, -0.25) is 4.79 Å². The van der Waals surface area contributed by atoms with E-state index in [0.29, 0.717) is 36.6 Å². The number of aryl methyl sites for hydroxylation is 1. The van der Waals surface area contributed by atoms with Crippen LogP contribution in [0, 0.1) is 36.5 Å². The average Bonchev–Trinajstić information content (AvgIpc) is 3.68. The lowest BCUT2D eigenvalue weighted by Gasteiger charge is -2.44. The molecule has 65 heavy (non-hydrogen) atoms. The Balaban J connectivity index is 0.000000571. The van der Waals surface area contributed by atoms with Gasteiger partial charge in [-0.1, -0.05) is 70.6 Å². The highest BCUT2D eigenvalue weighted by molar-refractivity contribution is 7.89. The molecule has 0 saturated carbocycles. The van der Waals surface area contributed by atoms with Gasteiger partial charge in [0.15, 0.2) is 6.29 Å². The van der Waals surface area contributed by atoms with Gasteiger partial charge in [-0.25, -0.2) is 18.2 Å². The number of rotatable bonds is 17. The van der Waals surface area contributed by atoms with Gasteiger partial charge >= 0.3 is 0 Å². The second-order valence-corrected chi connectivity index (χ2v) is 20.3. The number of aromatic nitrogens is 3. The Bertz CT molecular complexity index is 1940. The van der Waals surface area contributed by atoms with E-state index in [0.717, 1.165) is 30.6 Å². The van der Waals surface area contributed by atoms with Gasteiger partial charge in [0.25, 0.3) is 0 Å². The van der Waals surface area contributed by atoms with Crippen molar-refractivity contribution in [2.24, 2.45) is 45.6 Å². The lowest BCUT2D eigenvalue weighted by molar-refractivity contribution is -0.238. The molecule has 2 heterocycles. The van der Waals surface area contributed by atoms with Crippen LogP contribution in [0.25, 0.3) is 0 Å². The number of oxime groups is 1.